The predicted octanol–water partition coefficient (Wildman–Crippen LogP) is 4.76. The van der Waals surface area contributed by atoms with Crippen molar-refractivity contribution in [2.45, 2.75) is 13.5 Å². The van der Waals surface area contributed by atoms with Gasteiger partial charge < -0.3 is 5.32 Å². The van der Waals surface area contributed by atoms with Crippen LogP contribution in [-0.2, 0) is 6.54 Å². The first-order valence-electron chi connectivity index (χ1n) is 6.57. The molecule has 0 amide bonds. The van der Waals surface area contributed by atoms with Gasteiger partial charge in [-0.25, -0.2) is 0 Å². The van der Waals surface area contributed by atoms with Crippen LogP contribution < -0.4 is 5.32 Å². The molecule has 0 aliphatic heterocycles. The molecule has 0 aliphatic rings. The van der Waals surface area contributed by atoms with Crippen molar-refractivity contribution in [1.82, 2.24) is 4.98 Å². The molecule has 0 bridgehead atoms. The van der Waals surface area contributed by atoms with Gasteiger partial charge in [-0.3, -0.25) is 4.98 Å². The molecule has 0 atom stereocenters. The predicted molar refractivity (Wildman–Crippen MR) is 93.0 cm³/mol. The Morgan fingerprint density at radius 2 is 1.95 bits per heavy atom. The molecule has 0 unspecified atom stereocenters. The summed E-state index contributed by atoms with van der Waals surface area (Å²) in [6, 6.07) is 16.8. The second-order valence-corrected chi connectivity index (χ2v) is 6.05. The molecule has 1 N–H and O–H groups in total. The van der Waals surface area contributed by atoms with Crippen LogP contribution in [0.2, 0.25) is 0 Å². The maximum absolute atomic E-state index is 4.49. The second-order valence-electron chi connectivity index (χ2n) is 4.81. The Morgan fingerprint density at radius 3 is 2.80 bits per heavy atom. The molecule has 0 fully saturated rings. The van der Waals surface area contributed by atoms with Crippen molar-refractivity contribution in [3.8, 4) is 0 Å². The lowest BCUT2D eigenvalue weighted by Gasteiger charge is -2.11. The van der Waals surface area contributed by atoms with Crippen LogP contribution in [0.4, 0.5) is 5.69 Å². The third-order valence-electron chi connectivity index (χ3n) is 3.37. The molecular weight excluding hydrogens is 359 g/mol. The van der Waals surface area contributed by atoms with Gasteiger partial charge in [-0.05, 0) is 64.9 Å². The number of hydrogen-bond acceptors (Lipinski definition) is 2. The lowest BCUT2D eigenvalue weighted by molar-refractivity contribution is 1.14. The highest BCUT2D eigenvalue weighted by Crippen LogP contribution is 2.21. The Balaban J connectivity index is 1.87. The average molecular weight is 374 g/mol. The van der Waals surface area contributed by atoms with E-state index in [0.29, 0.717) is 0 Å². The summed E-state index contributed by atoms with van der Waals surface area (Å²) in [6.07, 6.45) is 1.85. The van der Waals surface area contributed by atoms with Gasteiger partial charge in [0.15, 0.2) is 0 Å². The van der Waals surface area contributed by atoms with E-state index < -0.39 is 0 Å². The second kappa shape index (κ2) is 5.79. The zero-order chi connectivity index (χ0) is 13.9. The Kier molecular flexibility index (Phi) is 3.87. The normalized spacial score (nSPS) is 10.7. The van der Waals surface area contributed by atoms with Gasteiger partial charge in [-0.2, -0.15) is 0 Å². The van der Waals surface area contributed by atoms with Crippen molar-refractivity contribution >= 4 is 39.2 Å². The first kappa shape index (κ1) is 13.4. The van der Waals surface area contributed by atoms with E-state index >= 15 is 0 Å². The fraction of sp³-hybridized carbons (Fsp3) is 0.118. The van der Waals surface area contributed by atoms with Crippen LogP contribution >= 0.6 is 22.6 Å². The minimum atomic E-state index is 0.787. The smallest absolute Gasteiger partial charge is 0.0751 e. The van der Waals surface area contributed by atoms with Gasteiger partial charge in [-0.1, -0.05) is 24.3 Å². The number of halogens is 1. The van der Waals surface area contributed by atoms with Crippen LogP contribution in [0.3, 0.4) is 0 Å². The molecule has 3 heteroatoms. The highest BCUT2D eigenvalue weighted by atomic mass is 127. The number of nitrogens with zero attached hydrogens (tertiary/aromatic N) is 1. The standard InChI is InChI=1S/C17H15IN2/c1-12-10-15(18)7-8-16(12)20-11-14-5-2-4-13-6-3-9-19-17(13)14/h2-10,20H,11H2,1H3. The number of nitrogens with one attached hydrogen (secondary N) is 1. The fourth-order valence-corrected chi connectivity index (χ4v) is 2.97. The molecule has 0 spiro atoms. The first-order chi connectivity index (χ1) is 9.74. The van der Waals surface area contributed by atoms with E-state index in [1.807, 2.05) is 12.3 Å². The summed E-state index contributed by atoms with van der Waals surface area (Å²) in [4.78, 5) is 4.49. The molecule has 0 saturated carbocycles. The summed E-state index contributed by atoms with van der Waals surface area (Å²) in [5.41, 5.74) is 4.75. The van der Waals surface area contributed by atoms with E-state index in [0.717, 1.165) is 12.1 Å². The van der Waals surface area contributed by atoms with Crippen LogP contribution in [0.15, 0.2) is 54.7 Å². The Morgan fingerprint density at radius 1 is 1.10 bits per heavy atom. The molecule has 2 aromatic carbocycles. The van der Waals surface area contributed by atoms with Crippen molar-refractivity contribution in [1.29, 1.82) is 0 Å². The van der Waals surface area contributed by atoms with Gasteiger partial charge in [0.25, 0.3) is 0 Å². The zero-order valence-corrected chi connectivity index (χ0v) is 13.4. The van der Waals surface area contributed by atoms with E-state index in [9.17, 15) is 0 Å². The Hall–Kier alpha value is -1.62. The van der Waals surface area contributed by atoms with Crippen molar-refractivity contribution < 1.29 is 0 Å². The molecule has 3 aromatic rings. The summed E-state index contributed by atoms with van der Waals surface area (Å²) in [5, 5.41) is 4.69. The van der Waals surface area contributed by atoms with Crippen LogP contribution in [0.5, 0.6) is 0 Å². The van der Waals surface area contributed by atoms with Crippen LogP contribution in [0, 0.1) is 10.5 Å². The van der Waals surface area contributed by atoms with Gasteiger partial charge in [0, 0.05) is 27.4 Å². The van der Waals surface area contributed by atoms with Gasteiger partial charge in [0.2, 0.25) is 0 Å². The maximum atomic E-state index is 4.49. The highest BCUT2D eigenvalue weighted by molar-refractivity contribution is 14.1. The number of anilines is 1. The number of rotatable bonds is 3. The molecule has 3 rings (SSSR count). The van der Waals surface area contributed by atoms with Crippen molar-refractivity contribution in [3.05, 3.63) is 69.4 Å². The Labute approximate surface area is 132 Å². The van der Waals surface area contributed by atoms with Crippen LogP contribution in [-0.4, -0.2) is 4.98 Å². The number of pyridine rings is 1. The SMILES string of the molecule is Cc1cc(I)ccc1NCc1cccc2cccnc12. The molecule has 1 aromatic heterocycles. The van der Waals surface area contributed by atoms with Gasteiger partial charge in [0.1, 0.15) is 0 Å². The molecular formula is C17H15IN2. The molecule has 20 heavy (non-hydrogen) atoms. The minimum Gasteiger partial charge on any atom is -0.381 e. The van der Waals surface area contributed by atoms with Crippen LogP contribution in [0.25, 0.3) is 10.9 Å². The largest absolute Gasteiger partial charge is 0.381 e. The van der Waals surface area contributed by atoms with Gasteiger partial charge in [-0.15, -0.1) is 0 Å². The number of aryl methyl sites for hydroxylation is 1. The maximum Gasteiger partial charge on any atom is 0.0751 e. The lowest BCUT2D eigenvalue weighted by atomic mass is 10.1. The number of aromatic nitrogens is 1. The summed E-state index contributed by atoms with van der Waals surface area (Å²) >= 11 is 2.34. The third kappa shape index (κ3) is 2.77. The average Bonchev–Trinajstić information content (AvgIpc) is 2.46. The summed E-state index contributed by atoms with van der Waals surface area (Å²) in [6.45, 7) is 2.92. The zero-order valence-electron chi connectivity index (χ0n) is 11.2. The molecule has 0 aliphatic carbocycles. The minimum absolute atomic E-state index is 0.787. The lowest BCUT2D eigenvalue weighted by Crippen LogP contribution is -2.02. The quantitative estimate of drug-likeness (QED) is 0.669. The van der Waals surface area contributed by atoms with Crippen molar-refractivity contribution in [2.24, 2.45) is 0 Å². The van der Waals surface area contributed by atoms with E-state index in [2.05, 4.69) is 82.3 Å². The topological polar surface area (TPSA) is 24.9 Å². The molecule has 0 saturated heterocycles. The molecule has 2 nitrogen and oxygen atoms in total. The number of para-hydroxylation sites is 1. The van der Waals surface area contributed by atoms with Crippen LogP contribution in [0.1, 0.15) is 11.1 Å². The summed E-state index contributed by atoms with van der Waals surface area (Å²) in [7, 11) is 0. The van der Waals surface area contributed by atoms with Crippen molar-refractivity contribution in [2.75, 3.05) is 5.32 Å². The first-order valence-corrected chi connectivity index (χ1v) is 7.64. The number of fused-ring (bicyclic) bond motifs is 1. The molecule has 100 valence electrons. The van der Waals surface area contributed by atoms with Gasteiger partial charge >= 0.3 is 0 Å². The molecule has 1 heterocycles. The van der Waals surface area contributed by atoms with E-state index in [1.54, 1.807) is 0 Å². The van der Waals surface area contributed by atoms with E-state index in [1.165, 1.54) is 25.8 Å². The number of hydrogen-bond donors (Lipinski definition) is 1. The summed E-state index contributed by atoms with van der Waals surface area (Å²) in [5.74, 6) is 0. The van der Waals surface area contributed by atoms with E-state index in [-0.39, 0.29) is 0 Å². The van der Waals surface area contributed by atoms with Gasteiger partial charge in [0.05, 0.1) is 5.52 Å². The highest BCUT2D eigenvalue weighted by Gasteiger charge is 2.03. The Bertz CT molecular complexity index is 748. The van der Waals surface area contributed by atoms with E-state index in [4.69, 9.17) is 0 Å². The number of benzene rings is 2. The van der Waals surface area contributed by atoms with Crippen molar-refractivity contribution in [3.63, 3.8) is 0 Å². The third-order valence-corrected chi connectivity index (χ3v) is 4.05. The molecule has 0 radical (unpaired) electrons. The fourth-order valence-electron chi connectivity index (χ4n) is 2.33. The monoisotopic (exact) mass is 374 g/mol. The summed E-state index contributed by atoms with van der Waals surface area (Å²) < 4.78 is 1.26.